The number of hydrogen-bond donors (Lipinski definition) is 0. The number of likely N-dealkylation sites (N-methyl/N-ethyl adjacent to an activating group) is 1. The predicted octanol–water partition coefficient (Wildman–Crippen LogP) is 1.83. The molecule has 6 heteroatoms. The number of piperazine rings is 1. The molecule has 0 saturated carbocycles. The summed E-state index contributed by atoms with van der Waals surface area (Å²) in [6, 6.07) is 1.71. The Morgan fingerprint density at radius 3 is 2.78 bits per heavy atom. The zero-order valence-corrected chi connectivity index (χ0v) is 14.5. The van der Waals surface area contributed by atoms with E-state index in [-0.39, 0.29) is 5.91 Å². The van der Waals surface area contributed by atoms with Crippen LogP contribution in [0, 0.1) is 5.92 Å². The molecule has 1 atom stereocenters. The van der Waals surface area contributed by atoms with Crippen molar-refractivity contribution in [1.29, 1.82) is 0 Å². The van der Waals surface area contributed by atoms with E-state index in [1.807, 2.05) is 4.90 Å². The third-order valence-electron chi connectivity index (χ3n) is 4.87. The fraction of sp³-hybridized carbons (Fsp3) is 0.647. The van der Waals surface area contributed by atoms with Crippen LogP contribution in [-0.4, -0.2) is 78.5 Å². The van der Waals surface area contributed by atoms with Gasteiger partial charge in [-0.15, -0.1) is 0 Å². The first-order chi connectivity index (χ1) is 11.1. The van der Waals surface area contributed by atoms with Crippen LogP contribution in [0.4, 0.5) is 0 Å². The van der Waals surface area contributed by atoms with Gasteiger partial charge in [0.2, 0.25) is 0 Å². The number of carbonyl (C=O) groups is 1. The van der Waals surface area contributed by atoms with E-state index < -0.39 is 0 Å². The summed E-state index contributed by atoms with van der Waals surface area (Å²) in [7, 11) is 2.18. The first-order valence-corrected chi connectivity index (χ1v) is 8.80. The molecule has 126 valence electrons. The van der Waals surface area contributed by atoms with Gasteiger partial charge in [0.15, 0.2) is 0 Å². The summed E-state index contributed by atoms with van der Waals surface area (Å²) in [5.41, 5.74) is 0.595. The zero-order chi connectivity index (χ0) is 16.2. The Balaban J connectivity index is 1.56. The first kappa shape index (κ1) is 16.7. The summed E-state index contributed by atoms with van der Waals surface area (Å²) in [4.78, 5) is 23.6. The molecule has 1 unspecified atom stereocenters. The van der Waals surface area contributed by atoms with E-state index in [9.17, 15) is 4.79 Å². The van der Waals surface area contributed by atoms with E-state index in [1.165, 1.54) is 6.42 Å². The summed E-state index contributed by atoms with van der Waals surface area (Å²) in [6.07, 6.45) is 5.46. The Morgan fingerprint density at radius 2 is 2.04 bits per heavy atom. The molecule has 2 aliphatic rings. The largest absolute Gasteiger partial charge is 0.338 e. The number of carbonyl (C=O) groups excluding carboxylic acids is 1. The van der Waals surface area contributed by atoms with Gasteiger partial charge in [-0.05, 0) is 31.9 Å². The van der Waals surface area contributed by atoms with Crippen LogP contribution < -0.4 is 0 Å². The van der Waals surface area contributed by atoms with Crippen LogP contribution in [0.1, 0.15) is 23.2 Å². The number of piperidine rings is 1. The SMILES string of the molecule is CN1CCN(CC2CCCN(C(=O)c3cncc(Cl)c3)C2)CC1. The molecule has 1 aromatic rings. The van der Waals surface area contributed by atoms with Crippen LogP contribution in [0.3, 0.4) is 0 Å². The smallest absolute Gasteiger partial charge is 0.255 e. The summed E-state index contributed by atoms with van der Waals surface area (Å²) in [5.74, 6) is 0.631. The van der Waals surface area contributed by atoms with Crippen molar-refractivity contribution in [2.45, 2.75) is 12.8 Å². The molecule has 0 bridgehead atoms. The van der Waals surface area contributed by atoms with Gasteiger partial charge in [0.25, 0.3) is 5.91 Å². The molecule has 0 radical (unpaired) electrons. The van der Waals surface area contributed by atoms with Gasteiger partial charge >= 0.3 is 0 Å². The Kier molecular flexibility index (Phi) is 5.51. The van der Waals surface area contributed by atoms with E-state index in [0.29, 0.717) is 16.5 Å². The summed E-state index contributed by atoms with van der Waals surface area (Å²) in [6.45, 7) is 7.35. The van der Waals surface area contributed by atoms with E-state index in [2.05, 4.69) is 21.8 Å². The minimum absolute atomic E-state index is 0.0584. The van der Waals surface area contributed by atoms with Gasteiger partial charge in [-0.2, -0.15) is 0 Å². The maximum absolute atomic E-state index is 12.6. The second-order valence-electron chi connectivity index (χ2n) is 6.76. The Bertz CT molecular complexity index is 545. The number of amides is 1. The molecule has 0 N–H and O–H groups in total. The van der Waals surface area contributed by atoms with Crippen molar-refractivity contribution in [2.24, 2.45) is 5.92 Å². The molecule has 3 rings (SSSR count). The lowest BCUT2D eigenvalue weighted by Gasteiger charge is -2.38. The number of halogens is 1. The highest BCUT2D eigenvalue weighted by atomic mass is 35.5. The quantitative estimate of drug-likeness (QED) is 0.844. The number of hydrogen-bond acceptors (Lipinski definition) is 4. The van der Waals surface area contributed by atoms with Crippen LogP contribution in [0.25, 0.3) is 0 Å². The summed E-state index contributed by atoms with van der Waals surface area (Å²) < 4.78 is 0. The average molecular weight is 337 g/mol. The van der Waals surface area contributed by atoms with E-state index in [4.69, 9.17) is 11.6 Å². The van der Waals surface area contributed by atoms with Crippen LogP contribution in [-0.2, 0) is 0 Å². The van der Waals surface area contributed by atoms with Crippen molar-refractivity contribution in [1.82, 2.24) is 19.7 Å². The third-order valence-corrected chi connectivity index (χ3v) is 5.08. The highest BCUT2D eigenvalue weighted by Gasteiger charge is 2.27. The number of rotatable bonds is 3. The number of pyridine rings is 1. The second-order valence-corrected chi connectivity index (χ2v) is 7.19. The molecule has 0 aliphatic carbocycles. The highest BCUT2D eigenvalue weighted by molar-refractivity contribution is 6.30. The monoisotopic (exact) mass is 336 g/mol. The fourth-order valence-corrected chi connectivity index (χ4v) is 3.68. The van der Waals surface area contributed by atoms with Crippen LogP contribution >= 0.6 is 11.6 Å². The van der Waals surface area contributed by atoms with Gasteiger partial charge in [0, 0.05) is 58.2 Å². The van der Waals surface area contributed by atoms with Gasteiger partial charge in [-0.3, -0.25) is 9.78 Å². The second kappa shape index (κ2) is 7.60. The van der Waals surface area contributed by atoms with Crippen LogP contribution in [0.15, 0.2) is 18.5 Å². The predicted molar refractivity (Wildman–Crippen MR) is 91.8 cm³/mol. The number of aromatic nitrogens is 1. The standard InChI is InChI=1S/C17H25ClN4O/c1-20-5-7-21(8-6-20)12-14-3-2-4-22(13-14)17(23)15-9-16(18)11-19-10-15/h9-11,14H,2-8,12-13H2,1H3. The van der Waals surface area contributed by atoms with Crippen molar-refractivity contribution < 1.29 is 4.79 Å². The Morgan fingerprint density at radius 1 is 1.26 bits per heavy atom. The minimum atomic E-state index is 0.0584. The van der Waals surface area contributed by atoms with E-state index >= 15 is 0 Å². The Labute approximate surface area is 143 Å². The molecule has 0 spiro atoms. The maximum Gasteiger partial charge on any atom is 0.255 e. The normalized spacial score (nSPS) is 23.9. The molecular weight excluding hydrogens is 312 g/mol. The molecule has 1 amide bonds. The lowest BCUT2D eigenvalue weighted by Crippen LogP contribution is -2.49. The van der Waals surface area contributed by atoms with Crippen LogP contribution in [0.2, 0.25) is 5.02 Å². The number of likely N-dealkylation sites (tertiary alicyclic amines) is 1. The molecule has 2 aliphatic heterocycles. The van der Waals surface area contributed by atoms with Gasteiger partial charge in [-0.25, -0.2) is 0 Å². The lowest BCUT2D eigenvalue weighted by atomic mass is 9.96. The van der Waals surface area contributed by atoms with E-state index in [1.54, 1.807) is 18.5 Å². The lowest BCUT2D eigenvalue weighted by molar-refractivity contribution is 0.0609. The van der Waals surface area contributed by atoms with Crippen LogP contribution in [0.5, 0.6) is 0 Å². The van der Waals surface area contributed by atoms with Gasteiger partial charge < -0.3 is 14.7 Å². The molecule has 2 saturated heterocycles. The van der Waals surface area contributed by atoms with Gasteiger partial charge in [0.05, 0.1) is 10.6 Å². The summed E-state index contributed by atoms with van der Waals surface area (Å²) in [5, 5.41) is 0.516. The van der Waals surface area contributed by atoms with E-state index in [0.717, 1.165) is 52.2 Å². The maximum atomic E-state index is 12.6. The molecule has 5 nitrogen and oxygen atoms in total. The fourth-order valence-electron chi connectivity index (χ4n) is 3.51. The van der Waals surface area contributed by atoms with Crippen molar-refractivity contribution in [3.8, 4) is 0 Å². The third kappa shape index (κ3) is 4.43. The molecule has 23 heavy (non-hydrogen) atoms. The first-order valence-electron chi connectivity index (χ1n) is 8.42. The van der Waals surface area contributed by atoms with Crippen molar-refractivity contribution in [3.63, 3.8) is 0 Å². The van der Waals surface area contributed by atoms with Crippen molar-refractivity contribution in [2.75, 3.05) is 52.9 Å². The topological polar surface area (TPSA) is 39.7 Å². The number of nitrogens with zero attached hydrogens (tertiary/aromatic N) is 4. The van der Waals surface area contributed by atoms with Gasteiger partial charge in [0.1, 0.15) is 0 Å². The van der Waals surface area contributed by atoms with Crippen molar-refractivity contribution >= 4 is 17.5 Å². The molecule has 2 fully saturated rings. The summed E-state index contributed by atoms with van der Waals surface area (Å²) >= 11 is 5.95. The van der Waals surface area contributed by atoms with Crippen molar-refractivity contribution in [3.05, 3.63) is 29.0 Å². The average Bonchev–Trinajstić information content (AvgIpc) is 2.56. The molecular formula is C17H25ClN4O. The highest BCUT2D eigenvalue weighted by Crippen LogP contribution is 2.21. The molecule has 0 aromatic carbocycles. The zero-order valence-electron chi connectivity index (χ0n) is 13.7. The molecule has 3 heterocycles. The molecule has 1 aromatic heterocycles. The Hall–Kier alpha value is -1.17. The minimum Gasteiger partial charge on any atom is -0.338 e. The van der Waals surface area contributed by atoms with Gasteiger partial charge in [-0.1, -0.05) is 11.6 Å².